The van der Waals surface area contributed by atoms with Crippen LogP contribution in [-0.2, 0) is 15.7 Å². The van der Waals surface area contributed by atoms with Gasteiger partial charge in [-0.2, -0.15) is 0 Å². The van der Waals surface area contributed by atoms with Crippen LogP contribution in [0.5, 0.6) is 5.75 Å². The molecule has 2 rings (SSSR count). The molecule has 1 aromatic heterocycles. The van der Waals surface area contributed by atoms with Crippen molar-refractivity contribution in [3.8, 4) is 5.75 Å². The van der Waals surface area contributed by atoms with Crippen molar-refractivity contribution in [3.05, 3.63) is 51.8 Å². The molecule has 2 aromatic rings. The summed E-state index contributed by atoms with van der Waals surface area (Å²) in [4.78, 5) is 4.34. The Bertz CT molecular complexity index is 737. The summed E-state index contributed by atoms with van der Waals surface area (Å²) in [5, 5.41) is 0. The fraction of sp³-hybridized carbons (Fsp3) is 0.214. The van der Waals surface area contributed by atoms with Gasteiger partial charge < -0.3 is 4.74 Å². The van der Waals surface area contributed by atoms with E-state index in [1.54, 1.807) is 32.2 Å². The summed E-state index contributed by atoms with van der Waals surface area (Å²) in [5.74, 6) is 0.582. The second kappa shape index (κ2) is 6.34. The fourth-order valence-electron chi connectivity index (χ4n) is 2.03. The molecule has 0 aliphatic carbocycles. The number of aryl methyl sites for hydroxylation is 2. The first-order valence-electron chi connectivity index (χ1n) is 6.06. The first-order chi connectivity index (χ1) is 9.77. The molecule has 7 heteroatoms. The van der Waals surface area contributed by atoms with Crippen LogP contribution >= 0.6 is 26.6 Å². The molecule has 1 aromatic carbocycles. The molecule has 0 fully saturated rings. The minimum atomic E-state index is -3.75. The Labute approximate surface area is 136 Å². The minimum Gasteiger partial charge on any atom is -0.487 e. The second-order valence-corrected chi connectivity index (χ2v) is 8.00. The Morgan fingerprint density at radius 3 is 2.33 bits per heavy atom. The van der Waals surface area contributed by atoms with Crippen LogP contribution in [-0.4, -0.2) is 13.4 Å². The molecule has 112 valence electrons. The first kappa shape index (κ1) is 16.3. The molecular weight excluding hydrogens is 378 g/mol. The minimum absolute atomic E-state index is 0.137. The van der Waals surface area contributed by atoms with Crippen LogP contribution < -0.4 is 4.74 Å². The molecule has 0 amide bonds. The number of nitrogens with zero attached hydrogens (tertiary/aromatic N) is 1. The van der Waals surface area contributed by atoms with Crippen LogP contribution in [0.4, 0.5) is 0 Å². The largest absolute Gasteiger partial charge is 0.487 e. The number of aromatic nitrogens is 1. The molecule has 0 saturated heterocycles. The highest BCUT2D eigenvalue weighted by Gasteiger charge is 2.17. The summed E-state index contributed by atoms with van der Waals surface area (Å²) >= 11 is 3.31. The molecule has 0 saturated carbocycles. The Morgan fingerprint density at radius 1 is 1.24 bits per heavy atom. The molecule has 4 nitrogen and oxygen atoms in total. The predicted octanol–water partition coefficient (Wildman–Crippen LogP) is 3.97. The van der Waals surface area contributed by atoms with Crippen molar-refractivity contribution in [2.75, 3.05) is 0 Å². The second-order valence-electron chi connectivity index (χ2n) is 4.58. The van der Waals surface area contributed by atoms with Gasteiger partial charge in [0.1, 0.15) is 12.4 Å². The van der Waals surface area contributed by atoms with Gasteiger partial charge in [-0.1, -0.05) is 0 Å². The summed E-state index contributed by atoms with van der Waals surface area (Å²) in [6.07, 6.45) is 1.69. The Hall–Kier alpha value is -1.11. The summed E-state index contributed by atoms with van der Waals surface area (Å²) in [6, 6.07) is 7.04. The van der Waals surface area contributed by atoms with E-state index in [4.69, 9.17) is 15.4 Å². The van der Waals surface area contributed by atoms with Gasteiger partial charge in [-0.25, -0.2) is 8.42 Å². The third-order valence-corrected chi connectivity index (χ3v) is 4.92. The van der Waals surface area contributed by atoms with Gasteiger partial charge in [0.05, 0.1) is 10.6 Å². The molecule has 0 radical (unpaired) electrons. The van der Waals surface area contributed by atoms with Gasteiger partial charge in [-0.15, -0.1) is 0 Å². The monoisotopic (exact) mass is 389 g/mol. The lowest BCUT2D eigenvalue weighted by Gasteiger charge is -2.11. The zero-order valence-corrected chi connectivity index (χ0v) is 14.6. The number of pyridine rings is 1. The van der Waals surface area contributed by atoms with Crippen LogP contribution in [0.3, 0.4) is 0 Å². The lowest BCUT2D eigenvalue weighted by atomic mass is 10.1. The van der Waals surface area contributed by atoms with Crippen molar-refractivity contribution < 1.29 is 13.2 Å². The van der Waals surface area contributed by atoms with Crippen molar-refractivity contribution in [1.82, 2.24) is 4.98 Å². The molecule has 0 unspecified atom stereocenters. The highest BCUT2D eigenvalue weighted by Crippen LogP contribution is 2.28. The molecule has 0 aliphatic rings. The third kappa shape index (κ3) is 4.18. The highest BCUT2D eigenvalue weighted by molar-refractivity contribution is 9.10. The molecule has 0 bridgehead atoms. The normalized spacial score (nSPS) is 11.4. The summed E-state index contributed by atoms with van der Waals surface area (Å²) < 4.78 is 29.6. The molecule has 0 spiro atoms. The maximum Gasteiger partial charge on any atom is 0.261 e. The lowest BCUT2D eigenvalue weighted by Crippen LogP contribution is -2.02. The Balaban J connectivity index is 2.21. The average molecular weight is 391 g/mol. The molecule has 1 heterocycles. The number of halogens is 2. The van der Waals surface area contributed by atoms with E-state index in [0.717, 1.165) is 10.2 Å². The van der Waals surface area contributed by atoms with Gasteiger partial charge in [0.2, 0.25) is 0 Å². The van der Waals surface area contributed by atoms with E-state index in [1.807, 2.05) is 12.1 Å². The maximum absolute atomic E-state index is 11.5. The standard InChI is InChI=1S/C14H13BrClNO3S/c1-9-5-13(6-10(2)14(9)21(16,18)19)20-8-12-4-3-11(15)7-17-12/h3-7H,8H2,1-2H3. The van der Waals surface area contributed by atoms with Crippen LogP contribution in [0.2, 0.25) is 0 Å². The van der Waals surface area contributed by atoms with E-state index in [1.165, 1.54) is 0 Å². The van der Waals surface area contributed by atoms with Crippen molar-refractivity contribution in [3.63, 3.8) is 0 Å². The van der Waals surface area contributed by atoms with Gasteiger partial charge in [0, 0.05) is 21.4 Å². The third-order valence-electron chi connectivity index (χ3n) is 2.85. The van der Waals surface area contributed by atoms with Crippen LogP contribution in [0.1, 0.15) is 16.8 Å². The van der Waals surface area contributed by atoms with Crippen molar-refractivity contribution >= 4 is 35.7 Å². The van der Waals surface area contributed by atoms with E-state index in [0.29, 0.717) is 23.5 Å². The van der Waals surface area contributed by atoms with Crippen molar-refractivity contribution in [2.24, 2.45) is 0 Å². The van der Waals surface area contributed by atoms with Gasteiger partial charge in [0.15, 0.2) is 0 Å². The number of ether oxygens (including phenoxy) is 1. The highest BCUT2D eigenvalue weighted by atomic mass is 79.9. The summed E-state index contributed by atoms with van der Waals surface area (Å²) in [6.45, 7) is 3.68. The quantitative estimate of drug-likeness (QED) is 0.741. The molecular formula is C14H13BrClNO3S. The molecule has 21 heavy (non-hydrogen) atoms. The van der Waals surface area contributed by atoms with Gasteiger partial charge in [-0.05, 0) is 65.2 Å². The van der Waals surface area contributed by atoms with Crippen LogP contribution in [0, 0.1) is 13.8 Å². The van der Waals surface area contributed by atoms with E-state index < -0.39 is 9.05 Å². The number of hydrogen-bond donors (Lipinski definition) is 0. The Morgan fingerprint density at radius 2 is 1.86 bits per heavy atom. The van der Waals surface area contributed by atoms with Crippen molar-refractivity contribution in [1.29, 1.82) is 0 Å². The van der Waals surface area contributed by atoms with Crippen LogP contribution in [0.15, 0.2) is 39.8 Å². The number of rotatable bonds is 4. The van der Waals surface area contributed by atoms with E-state index in [2.05, 4.69) is 20.9 Å². The van der Waals surface area contributed by atoms with E-state index >= 15 is 0 Å². The summed E-state index contributed by atoms with van der Waals surface area (Å²) in [5.41, 5.74) is 1.90. The van der Waals surface area contributed by atoms with E-state index in [-0.39, 0.29) is 4.90 Å². The zero-order valence-electron chi connectivity index (χ0n) is 11.4. The molecule has 0 atom stereocenters. The number of hydrogen-bond acceptors (Lipinski definition) is 4. The lowest BCUT2D eigenvalue weighted by molar-refractivity contribution is 0.300. The van der Waals surface area contributed by atoms with Crippen molar-refractivity contribution in [2.45, 2.75) is 25.3 Å². The SMILES string of the molecule is Cc1cc(OCc2ccc(Br)cn2)cc(C)c1S(=O)(=O)Cl. The first-order valence-corrected chi connectivity index (χ1v) is 9.17. The zero-order chi connectivity index (χ0) is 15.6. The average Bonchev–Trinajstić information content (AvgIpc) is 2.35. The van der Waals surface area contributed by atoms with Gasteiger partial charge in [0.25, 0.3) is 9.05 Å². The van der Waals surface area contributed by atoms with E-state index in [9.17, 15) is 8.42 Å². The number of benzene rings is 1. The molecule has 0 aliphatic heterocycles. The smallest absolute Gasteiger partial charge is 0.261 e. The molecule has 0 N–H and O–H groups in total. The van der Waals surface area contributed by atoms with Gasteiger partial charge in [-0.3, -0.25) is 4.98 Å². The van der Waals surface area contributed by atoms with Crippen LogP contribution in [0.25, 0.3) is 0 Å². The fourth-order valence-corrected chi connectivity index (χ4v) is 3.88. The topological polar surface area (TPSA) is 56.3 Å². The maximum atomic E-state index is 11.5. The predicted molar refractivity (Wildman–Crippen MR) is 85.2 cm³/mol. The Kier molecular flexibility index (Phi) is 4.91. The van der Waals surface area contributed by atoms with Gasteiger partial charge >= 0.3 is 0 Å². The summed E-state index contributed by atoms with van der Waals surface area (Å²) in [7, 11) is 1.67.